The molecule has 1 fully saturated rings. The molecule has 1 saturated heterocycles. The fraction of sp³-hybridized carbons (Fsp3) is 0.439. The number of aryl methyl sites for hydroxylation is 2. The van der Waals surface area contributed by atoms with Crippen molar-refractivity contribution in [1.82, 2.24) is 19.8 Å². The third kappa shape index (κ3) is 11.6. The van der Waals surface area contributed by atoms with Crippen LogP contribution in [0.1, 0.15) is 53.2 Å². The lowest BCUT2D eigenvalue weighted by Crippen LogP contribution is -2.47. The molecule has 0 spiro atoms. The number of anilines is 3. The van der Waals surface area contributed by atoms with E-state index in [0.29, 0.717) is 42.7 Å². The van der Waals surface area contributed by atoms with E-state index in [-0.39, 0.29) is 23.1 Å². The largest absolute Gasteiger partial charge is 0.493 e. The lowest BCUT2D eigenvalue weighted by molar-refractivity contribution is 0.0940. The Hall–Kier alpha value is -4.82. The number of amides is 1. The van der Waals surface area contributed by atoms with E-state index < -0.39 is 11.7 Å². The molecule has 13 heteroatoms. The summed E-state index contributed by atoms with van der Waals surface area (Å²) in [5, 5.41) is 6.02. The second-order valence-corrected chi connectivity index (χ2v) is 13.3. The second kappa shape index (κ2) is 20.6. The topological polar surface area (TPSA) is 120 Å². The van der Waals surface area contributed by atoms with Crippen LogP contribution < -0.4 is 24.8 Å². The number of benzene rings is 3. The van der Waals surface area contributed by atoms with Crippen molar-refractivity contribution in [1.29, 1.82) is 0 Å². The van der Waals surface area contributed by atoms with Gasteiger partial charge in [-0.25, -0.2) is 9.37 Å². The monoisotopic (exact) mass is 744 g/mol. The fourth-order valence-corrected chi connectivity index (χ4v) is 6.03. The number of hydrogen-bond acceptors (Lipinski definition) is 11. The molecule has 4 aromatic rings. The molecule has 0 bridgehead atoms. The third-order valence-electron chi connectivity index (χ3n) is 9.20. The van der Waals surface area contributed by atoms with Gasteiger partial charge in [0, 0.05) is 76.6 Å². The lowest BCUT2D eigenvalue weighted by Gasteiger charge is -2.34. The van der Waals surface area contributed by atoms with Gasteiger partial charge in [-0.3, -0.25) is 9.69 Å². The first-order chi connectivity index (χ1) is 26.3. The van der Waals surface area contributed by atoms with Gasteiger partial charge in [-0.15, -0.1) is 0 Å². The maximum Gasteiger partial charge on any atom is 0.262 e. The molecule has 1 aromatic heterocycles. The van der Waals surface area contributed by atoms with Crippen LogP contribution in [0.3, 0.4) is 0 Å². The second-order valence-electron chi connectivity index (χ2n) is 13.3. The zero-order valence-electron chi connectivity index (χ0n) is 32.1. The Balaban J connectivity index is 1.27. The number of unbranched alkanes of at least 4 members (excludes halogenated alkanes) is 1. The molecule has 0 unspecified atom stereocenters. The van der Waals surface area contributed by atoms with Crippen LogP contribution in [0.25, 0.3) is 0 Å². The lowest BCUT2D eigenvalue weighted by atomic mass is 10.1. The molecule has 2 heterocycles. The van der Waals surface area contributed by atoms with E-state index in [0.717, 1.165) is 81.8 Å². The van der Waals surface area contributed by atoms with E-state index in [2.05, 4.69) is 37.3 Å². The molecule has 3 aromatic carbocycles. The Morgan fingerprint density at radius 3 is 2.31 bits per heavy atom. The molecular weight excluding hydrogens is 691 g/mol. The molecule has 290 valence electrons. The first kappa shape index (κ1) is 40.4. The fourth-order valence-electron chi connectivity index (χ4n) is 6.03. The van der Waals surface area contributed by atoms with Gasteiger partial charge in [0.1, 0.15) is 5.56 Å². The zero-order valence-corrected chi connectivity index (χ0v) is 32.1. The van der Waals surface area contributed by atoms with Gasteiger partial charge < -0.3 is 39.2 Å². The summed E-state index contributed by atoms with van der Waals surface area (Å²) < 4.78 is 43.8. The van der Waals surface area contributed by atoms with E-state index >= 15 is 4.39 Å². The van der Waals surface area contributed by atoms with E-state index in [1.54, 1.807) is 32.4 Å². The normalized spacial score (nSPS) is 13.4. The van der Waals surface area contributed by atoms with Crippen LogP contribution >= 0.6 is 0 Å². The predicted octanol–water partition coefficient (Wildman–Crippen LogP) is 7.38. The van der Waals surface area contributed by atoms with Gasteiger partial charge in [-0.05, 0) is 67.6 Å². The number of rotatable bonds is 20. The smallest absolute Gasteiger partial charge is 0.262 e. The molecule has 5 rings (SSSR count). The molecule has 54 heavy (non-hydrogen) atoms. The minimum absolute atomic E-state index is 0.0155. The Morgan fingerprint density at radius 1 is 0.870 bits per heavy atom. The van der Waals surface area contributed by atoms with E-state index in [1.165, 1.54) is 12.3 Å². The quantitative estimate of drug-likeness (QED) is 0.0883. The van der Waals surface area contributed by atoms with E-state index in [1.807, 2.05) is 44.2 Å². The Bertz CT molecular complexity index is 1800. The highest BCUT2D eigenvalue weighted by molar-refractivity contribution is 6.06. The molecule has 1 aliphatic rings. The SMILES string of the molecule is CCCCOCc1ccc(Oc2nc(Nc3ccc(OCCCN4CCN(CCOC)CC4)c(F)c3)ncc2C(=O)Nc2c(C)cccc2C)c(OC)c1. The number of para-hydroxylation sites is 1. The van der Waals surface area contributed by atoms with Gasteiger partial charge in [0.2, 0.25) is 11.8 Å². The van der Waals surface area contributed by atoms with E-state index in [9.17, 15) is 4.79 Å². The average Bonchev–Trinajstić information content (AvgIpc) is 3.17. The highest BCUT2D eigenvalue weighted by Crippen LogP contribution is 2.34. The number of hydrogen-bond donors (Lipinski definition) is 2. The van der Waals surface area contributed by atoms with Crippen molar-refractivity contribution >= 4 is 23.2 Å². The van der Waals surface area contributed by atoms with Crippen molar-refractivity contribution in [3.05, 3.63) is 88.9 Å². The Kier molecular flexibility index (Phi) is 15.4. The van der Waals surface area contributed by atoms with Crippen molar-refractivity contribution in [3.63, 3.8) is 0 Å². The van der Waals surface area contributed by atoms with Crippen molar-refractivity contribution in [3.8, 4) is 23.1 Å². The van der Waals surface area contributed by atoms with Crippen LogP contribution in [-0.4, -0.2) is 99.0 Å². The van der Waals surface area contributed by atoms with Crippen LogP contribution in [0.5, 0.6) is 23.1 Å². The average molecular weight is 745 g/mol. The summed E-state index contributed by atoms with van der Waals surface area (Å²) in [4.78, 5) is 27.5. The van der Waals surface area contributed by atoms with Crippen LogP contribution in [0.2, 0.25) is 0 Å². The number of methoxy groups -OCH3 is 2. The Morgan fingerprint density at radius 2 is 1.61 bits per heavy atom. The summed E-state index contributed by atoms with van der Waals surface area (Å²) in [6.07, 6.45) is 4.20. The van der Waals surface area contributed by atoms with Crippen molar-refractivity contribution in [2.75, 3.05) is 83.9 Å². The summed E-state index contributed by atoms with van der Waals surface area (Å²) in [7, 11) is 3.27. The standard InChI is InChI=1S/C41H53FN6O6/c1-6-7-22-52-28-31-12-14-36(37(25-31)51-5)54-40-33(39(49)45-38-29(2)10-8-11-30(38)3)27-43-41(46-40)44-32-13-15-35(34(42)26-32)53-23-9-16-47-17-19-48(20-18-47)21-24-50-4/h8,10-15,25-27H,6-7,9,16-24,28H2,1-5H3,(H,45,49)(H,43,44,46). The summed E-state index contributed by atoms with van der Waals surface area (Å²) >= 11 is 0. The maximum absolute atomic E-state index is 15.2. The summed E-state index contributed by atoms with van der Waals surface area (Å²) in [6, 6.07) is 15.8. The molecule has 0 atom stereocenters. The number of carbonyl (C=O) groups excluding carboxylic acids is 1. The minimum Gasteiger partial charge on any atom is -0.493 e. The maximum atomic E-state index is 15.2. The number of nitrogens with one attached hydrogen (secondary N) is 2. The number of piperazine rings is 1. The molecule has 12 nitrogen and oxygen atoms in total. The van der Waals surface area contributed by atoms with Gasteiger partial charge in [0.25, 0.3) is 5.91 Å². The highest BCUT2D eigenvalue weighted by atomic mass is 19.1. The van der Waals surface area contributed by atoms with E-state index in [4.69, 9.17) is 23.7 Å². The summed E-state index contributed by atoms with van der Waals surface area (Å²) in [5.74, 6) is 0.0699. The molecule has 0 aliphatic carbocycles. The van der Waals surface area contributed by atoms with Gasteiger partial charge >= 0.3 is 0 Å². The summed E-state index contributed by atoms with van der Waals surface area (Å²) in [5.41, 5.74) is 3.91. The molecule has 1 amide bonds. The zero-order chi connectivity index (χ0) is 38.3. The summed E-state index contributed by atoms with van der Waals surface area (Å²) in [6.45, 7) is 14.1. The molecule has 1 aliphatic heterocycles. The highest BCUT2D eigenvalue weighted by Gasteiger charge is 2.21. The first-order valence-electron chi connectivity index (χ1n) is 18.6. The third-order valence-corrected chi connectivity index (χ3v) is 9.20. The molecular formula is C41H53FN6O6. The number of ether oxygens (including phenoxy) is 5. The minimum atomic E-state index is -0.517. The van der Waals surface area contributed by atoms with Crippen molar-refractivity contribution < 1.29 is 32.9 Å². The number of carbonyl (C=O) groups is 1. The van der Waals surface area contributed by atoms with Gasteiger partial charge in [-0.2, -0.15) is 4.98 Å². The Labute approximate surface area is 317 Å². The van der Waals surface area contributed by atoms with Gasteiger partial charge in [0.05, 0.1) is 26.9 Å². The molecule has 0 saturated carbocycles. The van der Waals surface area contributed by atoms with Crippen LogP contribution in [0.4, 0.5) is 21.7 Å². The number of aromatic nitrogens is 2. The van der Waals surface area contributed by atoms with Gasteiger partial charge in [0.15, 0.2) is 23.1 Å². The number of halogens is 1. The van der Waals surface area contributed by atoms with Crippen molar-refractivity contribution in [2.45, 2.75) is 46.6 Å². The first-order valence-corrected chi connectivity index (χ1v) is 18.6. The van der Waals surface area contributed by atoms with Crippen molar-refractivity contribution in [2.24, 2.45) is 0 Å². The van der Waals surface area contributed by atoms with Crippen LogP contribution in [-0.2, 0) is 16.1 Å². The van der Waals surface area contributed by atoms with Crippen LogP contribution in [0, 0.1) is 19.7 Å². The van der Waals surface area contributed by atoms with Crippen LogP contribution in [0.15, 0.2) is 60.8 Å². The number of nitrogens with zero attached hydrogens (tertiary/aromatic N) is 4. The van der Waals surface area contributed by atoms with Gasteiger partial charge in [-0.1, -0.05) is 37.6 Å². The molecule has 2 N–H and O–H groups in total. The predicted molar refractivity (Wildman–Crippen MR) is 208 cm³/mol. The molecule has 0 radical (unpaired) electrons.